The highest BCUT2D eigenvalue weighted by Crippen LogP contribution is 2.31. The van der Waals surface area contributed by atoms with Gasteiger partial charge in [-0.15, -0.1) is 22.7 Å². The zero-order chi connectivity index (χ0) is 16.4. The third kappa shape index (κ3) is 2.88. The minimum Gasteiger partial charge on any atom is -0.235 e. The predicted molar refractivity (Wildman–Crippen MR) is 103 cm³/mol. The summed E-state index contributed by atoms with van der Waals surface area (Å²) in [5.74, 6) is 0. The summed E-state index contributed by atoms with van der Waals surface area (Å²) in [7, 11) is 0. The Bertz CT molecular complexity index is 1030. The molecular formula is C20H12N2S2. The second-order valence-electron chi connectivity index (χ2n) is 5.26. The van der Waals surface area contributed by atoms with Crippen LogP contribution in [0.2, 0.25) is 0 Å². The monoisotopic (exact) mass is 344 g/mol. The van der Waals surface area contributed by atoms with E-state index >= 15 is 0 Å². The van der Waals surface area contributed by atoms with Crippen molar-refractivity contribution in [1.82, 2.24) is 4.98 Å². The van der Waals surface area contributed by atoms with Crippen LogP contribution >= 0.6 is 22.7 Å². The number of para-hydroxylation sites is 1. The molecule has 0 atom stereocenters. The first kappa shape index (κ1) is 14.8. The van der Waals surface area contributed by atoms with Gasteiger partial charge in [0.25, 0.3) is 0 Å². The molecule has 0 aliphatic rings. The van der Waals surface area contributed by atoms with E-state index in [1.165, 1.54) is 11.1 Å². The van der Waals surface area contributed by atoms with Crippen molar-refractivity contribution < 1.29 is 0 Å². The number of allylic oxidation sites excluding steroid dienone is 1. The summed E-state index contributed by atoms with van der Waals surface area (Å²) in [6.07, 6.45) is 1.93. The van der Waals surface area contributed by atoms with Gasteiger partial charge in [0.1, 0.15) is 11.1 Å². The van der Waals surface area contributed by atoms with Crippen LogP contribution in [0, 0.1) is 11.3 Å². The fourth-order valence-electron chi connectivity index (χ4n) is 2.48. The molecular weight excluding hydrogens is 332 g/mol. The number of thiophene rings is 1. The molecule has 2 aromatic carbocycles. The second-order valence-corrected chi connectivity index (χ2v) is 7.23. The van der Waals surface area contributed by atoms with Crippen molar-refractivity contribution in [2.45, 2.75) is 0 Å². The van der Waals surface area contributed by atoms with E-state index in [0.717, 1.165) is 20.1 Å². The van der Waals surface area contributed by atoms with E-state index in [-0.39, 0.29) is 0 Å². The highest BCUT2D eigenvalue weighted by Gasteiger charge is 2.09. The van der Waals surface area contributed by atoms with Gasteiger partial charge in [0, 0.05) is 4.88 Å². The van der Waals surface area contributed by atoms with E-state index in [2.05, 4.69) is 34.6 Å². The molecule has 0 aliphatic heterocycles. The predicted octanol–water partition coefficient (Wildman–Crippen LogP) is 6.09. The fraction of sp³-hybridized carbons (Fsp3) is 0. The lowest BCUT2D eigenvalue weighted by atomic mass is 10.1. The van der Waals surface area contributed by atoms with Crippen molar-refractivity contribution in [1.29, 1.82) is 5.26 Å². The second kappa shape index (κ2) is 6.40. The first-order valence-electron chi connectivity index (χ1n) is 7.45. The summed E-state index contributed by atoms with van der Waals surface area (Å²) >= 11 is 3.19. The average Bonchev–Trinajstić information content (AvgIpc) is 3.27. The molecule has 2 heterocycles. The minimum absolute atomic E-state index is 0.609. The molecule has 0 spiro atoms. The van der Waals surface area contributed by atoms with Gasteiger partial charge in [-0.05, 0) is 40.8 Å². The molecule has 114 valence electrons. The Labute approximate surface area is 148 Å². The van der Waals surface area contributed by atoms with Crippen LogP contribution < -0.4 is 0 Å². The van der Waals surface area contributed by atoms with Gasteiger partial charge in [0.2, 0.25) is 0 Å². The molecule has 24 heavy (non-hydrogen) atoms. The lowest BCUT2D eigenvalue weighted by Crippen LogP contribution is -1.78. The number of benzene rings is 2. The van der Waals surface area contributed by atoms with Crippen LogP contribution in [0.5, 0.6) is 0 Å². The smallest absolute Gasteiger partial charge is 0.135 e. The molecule has 0 amide bonds. The number of nitriles is 1. The number of thiazole rings is 1. The molecule has 4 rings (SSSR count). The Hall–Kier alpha value is -2.74. The maximum atomic E-state index is 9.54. The summed E-state index contributed by atoms with van der Waals surface area (Å²) < 4.78 is 1.10. The average molecular weight is 344 g/mol. The minimum atomic E-state index is 0.609. The number of nitrogens with zero attached hydrogens (tertiary/aromatic N) is 2. The van der Waals surface area contributed by atoms with E-state index in [4.69, 9.17) is 0 Å². The molecule has 0 saturated carbocycles. The highest BCUT2D eigenvalue weighted by atomic mass is 32.1. The molecule has 2 nitrogen and oxygen atoms in total. The van der Waals surface area contributed by atoms with Gasteiger partial charge >= 0.3 is 0 Å². The maximum Gasteiger partial charge on any atom is 0.135 e. The number of hydrogen-bond acceptors (Lipinski definition) is 4. The molecule has 0 N–H and O–H groups in total. The van der Waals surface area contributed by atoms with Gasteiger partial charge in [-0.1, -0.05) is 42.5 Å². The zero-order valence-corrected chi connectivity index (χ0v) is 14.3. The summed E-state index contributed by atoms with van der Waals surface area (Å²) in [5, 5.41) is 12.4. The molecule has 0 fully saturated rings. The van der Waals surface area contributed by atoms with E-state index < -0.39 is 0 Å². The largest absolute Gasteiger partial charge is 0.235 e. The molecule has 0 bridgehead atoms. The summed E-state index contributed by atoms with van der Waals surface area (Å²) in [6.45, 7) is 0. The van der Waals surface area contributed by atoms with Crippen LogP contribution in [0.3, 0.4) is 0 Å². The van der Waals surface area contributed by atoms with E-state index in [9.17, 15) is 5.26 Å². The standard InChI is InChI=1S/C20H12N2S2/c21-12-15(20-22-18-8-4-5-9-19(18)24-20)10-17-11-16(13-23-17)14-6-2-1-3-7-14/h1-11,13H/b15-10+. The van der Waals surface area contributed by atoms with Crippen molar-refractivity contribution in [2.75, 3.05) is 0 Å². The quantitative estimate of drug-likeness (QED) is 0.422. The molecule has 0 radical (unpaired) electrons. The third-order valence-electron chi connectivity index (χ3n) is 3.66. The van der Waals surface area contributed by atoms with Crippen molar-refractivity contribution in [3.8, 4) is 17.2 Å². The number of fused-ring (bicyclic) bond motifs is 1. The van der Waals surface area contributed by atoms with Crippen LogP contribution in [0.1, 0.15) is 9.88 Å². The first-order valence-corrected chi connectivity index (χ1v) is 9.15. The number of aromatic nitrogens is 1. The van der Waals surface area contributed by atoms with Crippen molar-refractivity contribution in [3.05, 3.63) is 75.9 Å². The van der Waals surface area contributed by atoms with Gasteiger partial charge in [-0.2, -0.15) is 5.26 Å². The van der Waals surface area contributed by atoms with Crippen LogP contribution in [0.25, 0.3) is 33.0 Å². The van der Waals surface area contributed by atoms with E-state index in [1.54, 1.807) is 22.7 Å². The SMILES string of the molecule is N#C/C(=C\c1cc(-c2ccccc2)cs1)c1nc2ccccc2s1. The Morgan fingerprint density at radius 2 is 1.79 bits per heavy atom. The summed E-state index contributed by atoms with van der Waals surface area (Å²) in [5.41, 5.74) is 3.91. The van der Waals surface area contributed by atoms with Crippen LogP contribution in [0.15, 0.2) is 66.0 Å². The maximum absolute atomic E-state index is 9.54. The Balaban J connectivity index is 1.71. The molecule has 2 aromatic heterocycles. The Kier molecular flexibility index (Phi) is 3.96. The van der Waals surface area contributed by atoms with Gasteiger partial charge in [-0.3, -0.25) is 0 Å². The topological polar surface area (TPSA) is 36.7 Å². The fourth-order valence-corrected chi connectivity index (χ4v) is 4.26. The van der Waals surface area contributed by atoms with Crippen LogP contribution in [-0.4, -0.2) is 4.98 Å². The Morgan fingerprint density at radius 3 is 2.58 bits per heavy atom. The lowest BCUT2D eigenvalue weighted by molar-refractivity contribution is 1.44. The van der Waals surface area contributed by atoms with Gasteiger partial charge in [0.05, 0.1) is 15.8 Å². The van der Waals surface area contributed by atoms with Crippen molar-refractivity contribution in [2.24, 2.45) is 0 Å². The highest BCUT2D eigenvalue weighted by molar-refractivity contribution is 7.19. The molecule has 4 aromatic rings. The molecule has 0 aliphatic carbocycles. The summed E-state index contributed by atoms with van der Waals surface area (Å²) in [4.78, 5) is 5.64. The van der Waals surface area contributed by atoms with Crippen LogP contribution in [-0.2, 0) is 0 Å². The van der Waals surface area contributed by atoms with Gasteiger partial charge in [-0.25, -0.2) is 4.98 Å². The van der Waals surface area contributed by atoms with Gasteiger partial charge < -0.3 is 0 Å². The molecule has 4 heteroatoms. The molecule has 0 unspecified atom stereocenters. The van der Waals surface area contributed by atoms with E-state index in [0.29, 0.717) is 5.57 Å². The lowest BCUT2D eigenvalue weighted by Gasteiger charge is -1.94. The first-order chi connectivity index (χ1) is 11.8. The van der Waals surface area contributed by atoms with Gasteiger partial charge in [0.15, 0.2) is 0 Å². The number of hydrogen-bond donors (Lipinski definition) is 0. The Morgan fingerprint density at radius 1 is 1.00 bits per heavy atom. The normalized spacial score (nSPS) is 11.5. The third-order valence-corrected chi connectivity index (χ3v) is 5.61. The van der Waals surface area contributed by atoms with Crippen molar-refractivity contribution in [3.63, 3.8) is 0 Å². The molecule has 0 saturated heterocycles. The van der Waals surface area contributed by atoms with E-state index in [1.807, 2.05) is 48.5 Å². The van der Waals surface area contributed by atoms with Crippen molar-refractivity contribution >= 4 is 44.5 Å². The zero-order valence-electron chi connectivity index (χ0n) is 12.6. The summed E-state index contributed by atoms with van der Waals surface area (Å²) in [6, 6.07) is 22.6. The van der Waals surface area contributed by atoms with Crippen LogP contribution in [0.4, 0.5) is 0 Å². The number of rotatable bonds is 3.